The second-order valence-corrected chi connectivity index (χ2v) is 5.38. The zero-order valence-electron chi connectivity index (χ0n) is 11.5. The van der Waals surface area contributed by atoms with Crippen LogP contribution in [-0.4, -0.2) is 11.7 Å². The monoisotopic (exact) mass is 253 g/mol. The number of alkyl carbamates (subject to hydrolysis) is 1. The Morgan fingerprint density at radius 1 is 1.39 bits per heavy atom. The Bertz CT molecular complexity index is 438. The summed E-state index contributed by atoms with van der Waals surface area (Å²) < 4.78 is 18.5. The second kappa shape index (κ2) is 5.38. The van der Waals surface area contributed by atoms with Crippen LogP contribution in [0.15, 0.2) is 18.2 Å². The molecule has 1 N–H and O–H groups in total. The van der Waals surface area contributed by atoms with E-state index in [-0.39, 0.29) is 11.9 Å². The van der Waals surface area contributed by atoms with E-state index < -0.39 is 11.7 Å². The maximum absolute atomic E-state index is 13.4. The van der Waals surface area contributed by atoms with E-state index in [0.717, 1.165) is 0 Å². The predicted octanol–water partition coefficient (Wildman–Crippen LogP) is 3.72. The summed E-state index contributed by atoms with van der Waals surface area (Å²) >= 11 is 0. The minimum atomic E-state index is -0.539. The van der Waals surface area contributed by atoms with Gasteiger partial charge in [-0.3, -0.25) is 0 Å². The first-order valence-electron chi connectivity index (χ1n) is 5.94. The van der Waals surface area contributed by atoms with E-state index in [9.17, 15) is 9.18 Å². The van der Waals surface area contributed by atoms with E-state index in [4.69, 9.17) is 4.74 Å². The summed E-state index contributed by atoms with van der Waals surface area (Å²) in [7, 11) is 0. The molecule has 4 heteroatoms. The predicted molar refractivity (Wildman–Crippen MR) is 68.9 cm³/mol. The molecular weight excluding hydrogens is 233 g/mol. The van der Waals surface area contributed by atoms with Crippen LogP contribution in [0.3, 0.4) is 0 Å². The Morgan fingerprint density at radius 3 is 2.50 bits per heavy atom. The van der Waals surface area contributed by atoms with Crippen LogP contribution >= 0.6 is 0 Å². The third kappa shape index (κ3) is 4.35. The van der Waals surface area contributed by atoms with E-state index in [1.807, 2.05) is 0 Å². The average Bonchev–Trinajstić information content (AvgIpc) is 2.18. The quantitative estimate of drug-likeness (QED) is 0.872. The first kappa shape index (κ1) is 14.5. The molecule has 18 heavy (non-hydrogen) atoms. The first-order valence-corrected chi connectivity index (χ1v) is 5.94. The Hall–Kier alpha value is -1.58. The highest BCUT2D eigenvalue weighted by molar-refractivity contribution is 5.68. The van der Waals surface area contributed by atoms with Crippen molar-refractivity contribution in [3.63, 3.8) is 0 Å². The molecule has 0 saturated carbocycles. The lowest BCUT2D eigenvalue weighted by molar-refractivity contribution is 0.0508. The molecule has 0 heterocycles. The molecule has 0 aliphatic rings. The highest BCUT2D eigenvalue weighted by Crippen LogP contribution is 2.17. The van der Waals surface area contributed by atoms with Gasteiger partial charge in [-0.25, -0.2) is 9.18 Å². The number of hydrogen-bond donors (Lipinski definition) is 1. The number of nitrogens with one attached hydrogen (secondary N) is 1. The lowest BCUT2D eigenvalue weighted by atomic mass is 10.1. The molecule has 3 nitrogen and oxygen atoms in total. The molecule has 100 valence electrons. The molecule has 1 aromatic carbocycles. The first-order chi connectivity index (χ1) is 8.19. The van der Waals surface area contributed by atoms with Gasteiger partial charge in [0, 0.05) is 0 Å². The van der Waals surface area contributed by atoms with Gasteiger partial charge in [0.15, 0.2) is 0 Å². The van der Waals surface area contributed by atoms with Gasteiger partial charge in [-0.2, -0.15) is 0 Å². The van der Waals surface area contributed by atoms with Crippen molar-refractivity contribution in [3.8, 4) is 0 Å². The summed E-state index contributed by atoms with van der Waals surface area (Å²) in [6, 6.07) is 4.62. The van der Waals surface area contributed by atoms with Crippen molar-refractivity contribution in [1.82, 2.24) is 5.32 Å². The Balaban J connectivity index is 2.68. The zero-order chi connectivity index (χ0) is 13.9. The van der Waals surface area contributed by atoms with Gasteiger partial charge < -0.3 is 10.1 Å². The van der Waals surface area contributed by atoms with Crippen molar-refractivity contribution in [2.75, 3.05) is 0 Å². The molecule has 0 aromatic heterocycles. The van der Waals surface area contributed by atoms with Crippen LogP contribution in [0.1, 0.15) is 44.9 Å². The number of amides is 1. The molecule has 1 atom stereocenters. The van der Waals surface area contributed by atoms with Crippen LogP contribution in [-0.2, 0) is 4.74 Å². The smallest absolute Gasteiger partial charge is 0.408 e. The lowest BCUT2D eigenvalue weighted by Crippen LogP contribution is -2.34. The Labute approximate surface area is 107 Å². The third-order valence-corrected chi connectivity index (χ3v) is 2.43. The number of rotatable bonds is 2. The van der Waals surface area contributed by atoms with Crippen LogP contribution in [0.5, 0.6) is 0 Å². The molecule has 0 saturated heterocycles. The van der Waals surface area contributed by atoms with Crippen molar-refractivity contribution in [2.45, 2.75) is 46.3 Å². The molecule has 1 unspecified atom stereocenters. The van der Waals surface area contributed by atoms with Crippen molar-refractivity contribution in [1.29, 1.82) is 0 Å². The highest BCUT2D eigenvalue weighted by Gasteiger charge is 2.18. The fourth-order valence-corrected chi connectivity index (χ4v) is 1.45. The van der Waals surface area contributed by atoms with Gasteiger partial charge in [0.25, 0.3) is 0 Å². The molecule has 1 amide bonds. The standard InChI is InChI=1S/C14H20FNO2/c1-9-6-7-11(8-12(9)15)10(2)16-13(17)18-14(3,4)5/h6-8,10H,1-5H3,(H,16,17). The molecule has 1 rings (SSSR count). The molecule has 0 radical (unpaired) electrons. The van der Waals surface area contributed by atoms with Crippen molar-refractivity contribution < 1.29 is 13.9 Å². The maximum atomic E-state index is 13.4. The number of carbonyl (C=O) groups is 1. The van der Waals surface area contributed by atoms with Gasteiger partial charge in [0.2, 0.25) is 0 Å². The number of halogens is 1. The summed E-state index contributed by atoms with van der Waals surface area (Å²) in [5, 5.41) is 2.67. The lowest BCUT2D eigenvalue weighted by Gasteiger charge is -2.22. The van der Waals surface area contributed by atoms with Gasteiger partial charge in [-0.1, -0.05) is 12.1 Å². The molecule has 0 bridgehead atoms. The van der Waals surface area contributed by atoms with Crippen LogP contribution in [0.2, 0.25) is 0 Å². The van der Waals surface area contributed by atoms with Gasteiger partial charge in [-0.15, -0.1) is 0 Å². The summed E-state index contributed by atoms with van der Waals surface area (Å²) in [6.07, 6.45) is -0.504. The van der Waals surface area contributed by atoms with Crippen molar-refractivity contribution in [2.24, 2.45) is 0 Å². The topological polar surface area (TPSA) is 38.3 Å². The van der Waals surface area contributed by atoms with Crippen LogP contribution < -0.4 is 5.32 Å². The zero-order valence-corrected chi connectivity index (χ0v) is 11.5. The van der Waals surface area contributed by atoms with Gasteiger partial charge >= 0.3 is 6.09 Å². The fourth-order valence-electron chi connectivity index (χ4n) is 1.45. The summed E-state index contributed by atoms with van der Waals surface area (Å²) in [5.41, 5.74) is 0.759. The van der Waals surface area contributed by atoms with E-state index in [1.165, 1.54) is 6.07 Å². The van der Waals surface area contributed by atoms with Crippen molar-refractivity contribution in [3.05, 3.63) is 35.1 Å². The SMILES string of the molecule is Cc1ccc(C(C)NC(=O)OC(C)(C)C)cc1F. The van der Waals surface area contributed by atoms with E-state index >= 15 is 0 Å². The Morgan fingerprint density at radius 2 is 2.00 bits per heavy atom. The minimum Gasteiger partial charge on any atom is -0.444 e. The van der Waals surface area contributed by atoms with E-state index in [0.29, 0.717) is 11.1 Å². The molecule has 0 fully saturated rings. The fraction of sp³-hybridized carbons (Fsp3) is 0.500. The van der Waals surface area contributed by atoms with Gasteiger partial charge in [0.05, 0.1) is 6.04 Å². The largest absolute Gasteiger partial charge is 0.444 e. The van der Waals surface area contributed by atoms with Crippen LogP contribution in [0, 0.1) is 12.7 Å². The van der Waals surface area contributed by atoms with E-state index in [2.05, 4.69) is 5.32 Å². The van der Waals surface area contributed by atoms with Gasteiger partial charge in [-0.05, 0) is 51.8 Å². The number of aryl methyl sites for hydroxylation is 1. The van der Waals surface area contributed by atoms with Crippen molar-refractivity contribution >= 4 is 6.09 Å². The van der Waals surface area contributed by atoms with Crippen LogP contribution in [0.4, 0.5) is 9.18 Å². The number of carbonyl (C=O) groups excluding carboxylic acids is 1. The number of hydrogen-bond acceptors (Lipinski definition) is 2. The summed E-state index contributed by atoms with van der Waals surface area (Å²) in [5.74, 6) is -0.273. The molecule has 0 aliphatic heterocycles. The molecule has 0 spiro atoms. The highest BCUT2D eigenvalue weighted by atomic mass is 19.1. The molecule has 0 aliphatic carbocycles. The number of benzene rings is 1. The summed E-state index contributed by atoms with van der Waals surface area (Å²) in [6.45, 7) is 8.87. The maximum Gasteiger partial charge on any atom is 0.408 e. The van der Waals surface area contributed by atoms with Crippen LogP contribution in [0.25, 0.3) is 0 Å². The van der Waals surface area contributed by atoms with Gasteiger partial charge in [0.1, 0.15) is 11.4 Å². The second-order valence-electron chi connectivity index (χ2n) is 5.38. The third-order valence-electron chi connectivity index (χ3n) is 2.43. The minimum absolute atomic E-state index is 0.273. The van der Waals surface area contributed by atoms with E-state index in [1.54, 1.807) is 46.8 Å². The normalized spacial score (nSPS) is 13.0. The molecule has 1 aromatic rings. The molecular formula is C14H20FNO2. The number of ether oxygens (including phenoxy) is 1. The average molecular weight is 253 g/mol. The summed E-state index contributed by atoms with van der Waals surface area (Å²) in [4.78, 5) is 11.6. The Kier molecular flexibility index (Phi) is 4.33.